The molecule has 0 saturated heterocycles. The summed E-state index contributed by atoms with van der Waals surface area (Å²) in [5, 5.41) is 4.31. The van der Waals surface area contributed by atoms with Crippen molar-refractivity contribution < 1.29 is 20.1 Å². The van der Waals surface area contributed by atoms with Gasteiger partial charge in [-0.1, -0.05) is 84.9 Å². The first-order valence-corrected chi connectivity index (χ1v) is 17.7. The van der Waals surface area contributed by atoms with E-state index < -0.39 is 7.92 Å². The Balaban J connectivity index is 0.000000148. The minimum absolute atomic E-state index is 0. The van der Waals surface area contributed by atoms with Crippen molar-refractivity contribution >= 4 is 23.8 Å². The number of nitrogens with zero attached hydrogens (tertiary/aromatic N) is 2. The van der Waals surface area contributed by atoms with Crippen LogP contribution in [0.25, 0.3) is 33.8 Å². The minimum atomic E-state index is -0.877. The van der Waals surface area contributed by atoms with E-state index in [1.165, 1.54) is 15.9 Å². The Labute approximate surface area is 310 Å². The summed E-state index contributed by atoms with van der Waals surface area (Å²) >= 11 is 0. The standard InChI is InChI=1S/C18H15P.C17H11N.C11H8N.Ir/c1-4-10-16(11-5-1)19(17-12-6-2-7-13-17)18-14-8-3-9-15-18;1-3-8-14(9-4-1)16-12-7-13-17(18-16)15-10-5-2-6-11-15;1-2-6-10(7-3-1)11-8-4-5-9-12-11;/h1-15H;1-8,10,12-13H;1-6,8-9H;/q;-2;-1;+3/p+1. The van der Waals surface area contributed by atoms with Gasteiger partial charge in [0, 0.05) is 6.20 Å². The first-order valence-electron chi connectivity index (χ1n) is 16.2. The van der Waals surface area contributed by atoms with E-state index in [1.54, 1.807) is 6.20 Å². The third-order valence-electron chi connectivity index (χ3n) is 7.56. The largest absolute Gasteiger partial charge is 3.00 e. The maximum Gasteiger partial charge on any atom is 3.00 e. The molecule has 0 N–H and O–H groups in total. The van der Waals surface area contributed by atoms with Gasteiger partial charge in [-0.05, 0) is 59.5 Å². The molecule has 0 saturated carbocycles. The molecule has 0 aliphatic carbocycles. The monoisotopic (exact) mass is 839 g/mol. The maximum absolute atomic E-state index is 4.65. The average molecular weight is 839 g/mol. The van der Waals surface area contributed by atoms with Crippen LogP contribution in [0.1, 0.15) is 0 Å². The molecular weight excluding hydrogens is 804 g/mol. The Morgan fingerprint density at radius 3 is 1.06 bits per heavy atom. The summed E-state index contributed by atoms with van der Waals surface area (Å²) in [5.74, 6) is 0. The normalized spacial score (nSPS) is 10.0. The first-order chi connectivity index (χ1) is 24.3. The van der Waals surface area contributed by atoms with E-state index in [4.69, 9.17) is 0 Å². The second kappa shape index (κ2) is 19.6. The fourth-order valence-electron chi connectivity index (χ4n) is 5.23. The van der Waals surface area contributed by atoms with Crippen molar-refractivity contribution in [3.8, 4) is 33.8 Å². The van der Waals surface area contributed by atoms with Gasteiger partial charge in [-0.15, -0.1) is 108 Å². The minimum Gasteiger partial charge on any atom is -0.345 e. The molecule has 0 unspecified atom stereocenters. The van der Waals surface area contributed by atoms with Crippen LogP contribution in [0, 0.1) is 18.2 Å². The van der Waals surface area contributed by atoms with Crippen molar-refractivity contribution in [2.75, 3.05) is 0 Å². The van der Waals surface area contributed by atoms with E-state index in [0.29, 0.717) is 0 Å². The zero-order valence-electron chi connectivity index (χ0n) is 27.4. The van der Waals surface area contributed by atoms with Gasteiger partial charge in [0.25, 0.3) is 0 Å². The molecule has 50 heavy (non-hydrogen) atoms. The van der Waals surface area contributed by atoms with Crippen molar-refractivity contribution in [3.63, 3.8) is 0 Å². The summed E-state index contributed by atoms with van der Waals surface area (Å²) in [6.45, 7) is 0. The van der Waals surface area contributed by atoms with Gasteiger partial charge in [0.05, 0.1) is 7.92 Å². The third kappa shape index (κ3) is 10.3. The maximum atomic E-state index is 4.65. The van der Waals surface area contributed by atoms with Crippen LogP contribution in [0.15, 0.2) is 206 Å². The van der Waals surface area contributed by atoms with Crippen LogP contribution < -0.4 is 15.9 Å². The number of rotatable bonds is 6. The summed E-state index contributed by atoms with van der Waals surface area (Å²) < 4.78 is 0. The molecule has 0 bridgehead atoms. The fraction of sp³-hybridized carbons (Fsp3) is 0. The van der Waals surface area contributed by atoms with Crippen molar-refractivity contribution in [3.05, 3.63) is 225 Å². The molecule has 2 heterocycles. The van der Waals surface area contributed by atoms with Gasteiger partial charge in [0.2, 0.25) is 0 Å². The van der Waals surface area contributed by atoms with E-state index in [9.17, 15) is 0 Å². The molecule has 0 radical (unpaired) electrons. The molecule has 242 valence electrons. The van der Waals surface area contributed by atoms with E-state index in [0.717, 1.165) is 33.8 Å². The predicted molar refractivity (Wildman–Crippen MR) is 208 cm³/mol. The molecule has 0 fully saturated rings. The van der Waals surface area contributed by atoms with Gasteiger partial charge in [-0.2, -0.15) is 0 Å². The number of pyridine rings is 2. The quantitative estimate of drug-likeness (QED) is 0.123. The zero-order chi connectivity index (χ0) is 33.4. The molecule has 0 spiro atoms. The Bertz CT molecular complexity index is 1900. The van der Waals surface area contributed by atoms with Gasteiger partial charge in [-0.3, -0.25) is 0 Å². The molecule has 2 nitrogen and oxygen atoms in total. The summed E-state index contributed by atoms with van der Waals surface area (Å²) in [7, 11) is -0.877. The smallest absolute Gasteiger partial charge is 0.345 e. The number of aromatic nitrogens is 2. The van der Waals surface area contributed by atoms with Gasteiger partial charge in [0.1, 0.15) is 15.9 Å². The summed E-state index contributed by atoms with van der Waals surface area (Å²) in [5.41, 5.74) is 5.90. The topological polar surface area (TPSA) is 25.8 Å². The molecule has 8 rings (SSSR count). The van der Waals surface area contributed by atoms with E-state index >= 15 is 0 Å². The summed E-state index contributed by atoms with van der Waals surface area (Å²) in [6, 6.07) is 77.4. The summed E-state index contributed by atoms with van der Waals surface area (Å²) in [6.07, 6.45) is 1.79. The number of hydrogen-bond acceptors (Lipinski definition) is 2. The van der Waals surface area contributed by atoms with Crippen LogP contribution in [0.5, 0.6) is 0 Å². The van der Waals surface area contributed by atoms with E-state index in [1.807, 2.05) is 109 Å². The SMILES string of the molecule is [Ir+3].[c-]1ccccc1-c1cccc(-c2[c-]cccc2)n1.[c-]1ccccc1-c1ccccn1.c1ccc([PH+](c2ccccc2)c2ccccc2)cc1. The van der Waals surface area contributed by atoms with Crippen LogP contribution in [0.3, 0.4) is 0 Å². The Kier molecular flexibility index (Phi) is 14.1. The molecule has 6 aromatic carbocycles. The number of benzene rings is 6. The molecule has 2 aromatic heterocycles. The van der Waals surface area contributed by atoms with Gasteiger partial charge in [-0.25, -0.2) is 0 Å². The Morgan fingerprint density at radius 2 is 0.700 bits per heavy atom. The first kappa shape index (κ1) is 36.0. The second-order valence-corrected chi connectivity index (χ2v) is 13.4. The van der Waals surface area contributed by atoms with E-state index in [2.05, 4.69) is 119 Å². The van der Waals surface area contributed by atoms with Crippen molar-refractivity contribution in [1.29, 1.82) is 0 Å². The number of hydrogen-bond donors (Lipinski definition) is 0. The molecule has 0 atom stereocenters. The van der Waals surface area contributed by atoms with Crippen molar-refractivity contribution in [2.45, 2.75) is 0 Å². The predicted octanol–water partition coefficient (Wildman–Crippen LogP) is 9.74. The van der Waals surface area contributed by atoms with Crippen molar-refractivity contribution in [1.82, 2.24) is 9.97 Å². The molecule has 4 heteroatoms. The summed E-state index contributed by atoms with van der Waals surface area (Å²) in [4.78, 5) is 8.87. The van der Waals surface area contributed by atoms with Crippen LogP contribution in [-0.2, 0) is 20.1 Å². The van der Waals surface area contributed by atoms with Crippen molar-refractivity contribution in [2.24, 2.45) is 0 Å². The third-order valence-corrected chi connectivity index (χ3v) is 10.3. The molecule has 8 aromatic rings. The van der Waals surface area contributed by atoms with Crippen LogP contribution in [0.4, 0.5) is 0 Å². The Morgan fingerprint density at radius 1 is 0.340 bits per heavy atom. The van der Waals surface area contributed by atoms with Gasteiger partial charge >= 0.3 is 20.1 Å². The molecular formula is C46H35IrN2P+. The molecule has 0 amide bonds. The van der Waals surface area contributed by atoms with E-state index in [-0.39, 0.29) is 20.1 Å². The second-order valence-electron chi connectivity index (χ2n) is 10.9. The van der Waals surface area contributed by atoms with Crippen LogP contribution >= 0.6 is 7.92 Å². The molecule has 0 aliphatic heterocycles. The van der Waals surface area contributed by atoms with Crippen LogP contribution in [-0.4, -0.2) is 9.97 Å². The fourth-order valence-corrected chi connectivity index (χ4v) is 7.81. The van der Waals surface area contributed by atoms with Gasteiger partial charge in [0.15, 0.2) is 0 Å². The zero-order valence-corrected chi connectivity index (χ0v) is 30.8. The Hall–Kier alpha value is -5.30. The molecule has 0 aliphatic rings. The average Bonchev–Trinajstić information content (AvgIpc) is 3.21. The van der Waals surface area contributed by atoms with Gasteiger partial charge < -0.3 is 9.97 Å². The van der Waals surface area contributed by atoms with Crippen LogP contribution in [0.2, 0.25) is 0 Å².